The van der Waals surface area contributed by atoms with Crippen LogP contribution in [-0.2, 0) is 16.0 Å². The van der Waals surface area contributed by atoms with Gasteiger partial charge in [-0.05, 0) is 44.0 Å². The molecule has 8 heteroatoms. The first-order valence-corrected chi connectivity index (χ1v) is 10.0. The summed E-state index contributed by atoms with van der Waals surface area (Å²) >= 11 is 7.10. The second kappa shape index (κ2) is 10.7. The molecule has 1 heterocycles. The van der Waals surface area contributed by atoms with Crippen LogP contribution in [0.2, 0.25) is 5.02 Å². The number of ether oxygens (including phenoxy) is 1. The van der Waals surface area contributed by atoms with Crippen molar-refractivity contribution in [3.63, 3.8) is 0 Å². The smallest absolute Gasteiger partial charge is 0.340 e. The third kappa shape index (κ3) is 6.25. The van der Waals surface area contributed by atoms with E-state index in [9.17, 15) is 14.9 Å². The standard InChI is InChI=1S/C20H20ClN3O3S/c1-3-27-20(26)17-10-15(11-22)19(24-13(17)2)28-12-18(25)23-8-7-14-5-4-6-16(21)9-14/h4-6,9-10H,3,7-8,12H2,1-2H3,(H,23,25). The Hall–Kier alpha value is -2.56. The molecule has 1 N–H and O–H groups in total. The zero-order valence-electron chi connectivity index (χ0n) is 15.6. The fourth-order valence-corrected chi connectivity index (χ4v) is 3.46. The van der Waals surface area contributed by atoms with Crippen LogP contribution in [0.15, 0.2) is 35.4 Å². The Morgan fingerprint density at radius 1 is 1.36 bits per heavy atom. The van der Waals surface area contributed by atoms with Crippen LogP contribution in [-0.4, -0.2) is 35.8 Å². The number of hydrogen-bond acceptors (Lipinski definition) is 6. The number of halogens is 1. The molecule has 28 heavy (non-hydrogen) atoms. The second-order valence-corrected chi connectivity index (χ2v) is 7.23. The zero-order valence-corrected chi connectivity index (χ0v) is 17.2. The van der Waals surface area contributed by atoms with Gasteiger partial charge >= 0.3 is 5.97 Å². The van der Waals surface area contributed by atoms with E-state index < -0.39 is 5.97 Å². The molecule has 1 amide bonds. The molecular weight excluding hydrogens is 398 g/mol. The van der Waals surface area contributed by atoms with E-state index in [1.54, 1.807) is 19.9 Å². The van der Waals surface area contributed by atoms with Crippen molar-refractivity contribution in [2.75, 3.05) is 18.9 Å². The fourth-order valence-electron chi connectivity index (χ4n) is 2.41. The first-order chi connectivity index (χ1) is 13.4. The molecule has 0 unspecified atom stereocenters. The number of pyridine rings is 1. The number of amides is 1. The van der Waals surface area contributed by atoms with Crippen molar-refractivity contribution < 1.29 is 14.3 Å². The molecule has 0 aliphatic rings. The van der Waals surface area contributed by atoms with Gasteiger partial charge in [-0.25, -0.2) is 9.78 Å². The average Bonchev–Trinajstić information content (AvgIpc) is 2.66. The summed E-state index contributed by atoms with van der Waals surface area (Å²) in [5, 5.41) is 13.2. The number of benzene rings is 1. The minimum Gasteiger partial charge on any atom is -0.462 e. The molecule has 0 radical (unpaired) electrons. The van der Waals surface area contributed by atoms with Gasteiger partial charge in [0.05, 0.1) is 29.2 Å². The first kappa shape index (κ1) is 21.7. The molecule has 146 valence electrons. The van der Waals surface area contributed by atoms with E-state index in [0.29, 0.717) is 28.7 Å². The summed E-state index contributed by atoms with van der Waals surface area (Å²) in [6.07, 6.45) is 0.673. The number of nitrogens with one attached hydrogen (secondary N) is 1. The quantitative estimate of drug-likeness (QED) is 0.521. The third-order valence-corrected chi connectivity index (χ3v) is 4.99. The van der Waals surface area contributed by atoms with Crippen LogP contribution in [0.4, 0.5) is 0 Å². The summed E-state index contributed by atoms with van der Waals surface area (Å²) in [4.78, 5) is 28.3. The molecule has 0 bridgehead atoms. The molecule has 6 nitrogen and oxygen atoms in total. The molecule has 0 atom stereocenters. The summed E-state index contributed by atoms with van der Waals surface area (Å²) < 4.78 is 4.97. The van der Waals surface area contributed by atoms with Crippen molar-refractivity contribution in [1.82, 2.24) is 10.3 Å². The summed E-state index contributed by atoms with van der Waals surface area (Å²) in [5.74, 6) is -0.556. The second-order valence-electron chi connectivity index (χ2n) is 5.82. The molecule has 1 aromatic carbocycles. The highest BCUT2D eigenvalue weighted by molar-refractivity contribution is 8.00. The normalized spacial score (nSPS) is 10.2. The minimum absolute atomic E-state index is 0.120. The van der Waals surface area contributed by atoms with Crippen molar-refractivity contribution >= 4 is 35.2 Å². The lowest BCUT2D eigenvalue weighted by atomic mass is 10.1. The number of carbonyl (C=O) groups is 2. The van der Waals surface area contributed by atoms with Gasteiger partial charge in [0, 0.05) is 11.6 Å². The Morgan fingerprint density at radius 2 is 2.14 bits per heavy atom. The first-order valence-electron chi connectivity index (χ1n) is 8.67. The highest BCUT2D eigenvalue weighted by Crippen LogP contribution is 2.23. The Bertz CT molecular complexity index is 912. The van der Waals surface area contributed by atoms with Gasteiger partial charge < -0.3 is 10.1 Å². The number of esters is 1. The molecule has 0 spiro atoms. The van der Waals surface area contributed by atoms with Crippen molar-refractivity contribution in [3.8, 4) is 6.07 Å². The van der Waals surface area contributed by atoms with Gasteiger partial charge in [0.1, 0.15) is 11.1 Å². The lowest BCUT2D eigenvalue weighted by molar-refractivity contribution is -0.118. The van der Waals surface area contributed by atoms with Gasteiger partial charge in [0.15, 0.2) is 0 Å². The van der Waals surface area contributed by atoms with E-state index in [4.69, 9.17) is 16.3 Å². The molecule has 0 saturated carbocycles. The molecule has 0 fully saturated rings. The van der Waals surface area contributed by atoms with Crippen molar-refractivity contribution in [3.05, 3.63) is 57.7 Å². The average molecular weight is 418 g/mol. The highest BCUT2D eigenvalue weighted by Gasteiger charge is 2.17. The van der Waals surface area contributed by atoms with E-state index in [-0.39, 0.29) is 29.4 Å². The van der Waals surface area contributed by atoms with E-state index in [0.717, 1.165) is 17.3 Å². The molecule has 2 rings (SSSR count). The molecule has 0 saturated heterocycles. The van der Waals surface area contributed by atoms with E-state index in [1.165, 1.54) is 6.07 Å². The maximum atomic E-state index is 12.1. The minimum atomic E-state index is -0.515. The summed E-state index contributed by atoms with van der Waals surface area (Å²) in [5.41, 5.74) is 2.00. The van der Waals surface area contributed by atoms with Gasteiger partial charge in [-0.1, -0.05) is 35.5 Å². The Kier molecular flexibility index (Phi) is 8.30. The third-order valence-electron chi connectivity index (χ3n) is 3.76. The number of nitrogens with zero attached hydrogens (tertiary/aromatic N) is 2. The molecular formula is C20H20ClN3O3S. The van der Waals surface area contributed by atoms with Gasteiger partial charge in [-0.15, -0.1) is 0 Å². The largest absolute Gasteiger partial charge is 0.462 e. The van der Waals surface area contributed by atoms with Crippen LogP contribution in [0.1, 0.15) is 34.1 Å². The van der Waals surface area contributed by atoms with Gasteiger partial charge in [0.2, 0.25) is 5.91 Å². The lowest BCUT2D eigenvalue weighted by Gasteiger charge is -2.09. The van der Waals surface area contributed by atoms with Crippen LogP contribution in [0.25, 0.3) is 0 Å². The molecule has 2 aromatic rings. The van der Waals surface area contributed by atoms with Crippen LogP contribution in [0.3, 0.4) is 0 Å². The van der Waals surface area contributed by atoms with E-state index in [1.807, 2.05) is 24.3 Å². The fraction of sp³-hybridized carbons (Fsp3) is 0.300. The van der Waals surface area contributed by atoms with Crippen molar-refractivity contribution in [1.29, 1.82) is 5.26 Å². The number of thioether (sulfide) groups is 1. The molecule has 1 aromatic heterocycles. The Balaban J connectivity index is 1.92. The van der Waals surface area contributed by atoms with Crippen LogP contribution in [0, 0.1) is 18.3 Å². The van der Waals surface area contributed by atoms with Crippen molar-refractivity contribution in [2.24, 2.45) is 0 Å². The van der Waals surface area contributed by atoms with E-state index >= 15 is 0 Å². The number of nitriles is 1. The SMILES string of the molecule is CCOC(=O)c1cc(C#N)c(SCC(=O)NCCc2cccc(Cl)c2)nc1C. The zero-order chi connectivity index (χ0) is 20.5. The predicted octanol–water partition coefficient (Wildman–Crippen LogP) is 3.54. The van der Waals surface area contributed by atoms with Crippen LogP contribution in [0.5, 0.6) is 0 Å². The summed E-state index contributed by atoms with van der Waals surface area (Å²) in [6.45, 7) is 4.11. The maximum absolute atomic E-state index is 12.1. The topological polar surface area (TPSA) is 92.1 Å². The number of hydrogen-bond donors (Lipinski definition) is 1. The maximum Gasteiger partial charge on any atom is 0.340 e. The summed E-state index contributed by atoms with van der Waals surface area (Å²) in [6, 6.07) is 11.0. The Labute approximate surface area is 173 Å². The molecule has 0 aliphatic heterocycles. The monoisotopic (exact) mass is 417 g/mol. The lowest BCUT2D eigenvalue weighted by Crippen LogP contribution is -2.27. The number of rotatable bonds is 8. The van der Waals surface area contributed by atoms with Crippen LogP contribution < -0.4 is 5.32 Å². The predicted molar refractivity (Wildman–Crippen MR) is 109 cm³/mol. The molecule has 0 aliphatic carbocycles. The number of aromatic nitrogens is 1. The number of carbonyl (C=O) groups excluding carboxylic acids is 2. The summed E-state index contributed by atoms with van der Waals surface area (Å²) in [7, 11) is 0. The van der Waals surface area contributed by atoms with E-state index in [2.05, 4.69) is 10.3 Å². The Morgan fingerprint density at radius 3 is 2.82 bits per heavy atom. The highest BCUT2D eigenvalue weighted by atomic mass is 35.5. The number of aryl methyl sites for hydroxylation is 1. The van der Waals surface area contributed by atoms with Gasteiger partial charge in [-0.3, -0.25) is 4.79 Å². The van der Waals surface area contributed by atoms with Crippen LogP contribution >= 0.6 is 23.4 Å². The van der Waals surface area contributed by atoms with Gasteiger partial charge in [0.25, 0.3) is 0 Å². The van der Waals surface area contributed by atoms with Crippen molar-refractivity contribution in [2.45, 2.75) is 25.3 Å². The van der Waals surface area contributed by atoms with Gasteiger partial charge in [-0.2, -0.15) is 5.26 Å².